The number of aryl methyl sites for hydroxylation is 1. The van der Waals surface area contributed by atoms with Crippen molar-refractivity contribution in [3.63, 3.8) is 0 Å². The van der Waals surface area contributed by atoms with Gasteiger partial charge in [-0.3, -0.25) is 4.79 Å². The van der Waals surface area contributed by atoms with Crippen molar-refractivity contribution in [1.29, 1.82) is 0 Å². The molecular formula is C20H26N4O4. The SMILES string of the molecule is Cc1nn(C(C)(C)C)c2nc(C3CC3)cc(C(=O)NC3(C(=O)O)CCOC3)c12. The number of ether oxygens (including phenoxy) is 1. The van der Waals surface area contributed by atoms with Gasteiger partial charge in [0.1, 0.15) is 0 Å². The third-order valence-corrected chi connectivity index (χ3v) is 5.49. The molecule has 28 heavy (non-hydrogen) atoms. The van der Waals surface area contributed by atoms with Crippen LogP contribution < -0.4 is 5.32 Å². The topological polar surface area (TPSA) is 106 Å². The van der Waals surface area contributed by atoms with E-state index < -0.39 is 17.4 Å². The van der Waals surface area contributed by atoms with Crippen LogP contribution in [-0.2, 0) is 15.1 Å². The summed E-state index contributed by atoms with van der Waals surface area (Å²) in [6, 6.07) is 1.81. The number of hydrogen-bond donors (Lipinski definition) is 2. The molecule has 0 aromatic carbocycles. The molecule has 1 aliphatic heterocycles. The fourth-order valence-corrected chi connectivity index (χ4v) is 3.71. The zero-order valence-corrected chi connectivity index (χ0v) is 16.7. The second-order valence-corrected chi connectivity index (χ2v) is 8.88. The standard InChI is InChI=1S/C20H26N4O4/c1-11-15-13(17(25)22-20(18(26)27)7-8-28-10-20)9-14(12-5-6-12)21-16(15)24(23-11)19(2,3)4/h9,12H,5-8,10H2,1-4H3,(H,22,25)(H,26,27). The van der Waals surface area contributed by atoms with Crippen LogP contribution in [0, 0.1) is 6.92 Å². The molecule has 2 N–H and O–H groups in total. The molecule has 0 bridgehead atoms. The number of hydrogen-bond acceptors (Lipinski definition) is 5. The van der Waals surface area contributed by atoms with Crippen molar-refractivity contribution in [3.8, 4) is 0 Å². The molecule has 1 unspecified atom stereocenters. The summed E-state index contributed by atoms with van der Waals surface area (Å²) in [4.78, 5) is 29.9. The Hall–Kier alpha value is -2.48. The first kappa shape index (κ1) is 18.9. The Morgan fingerprint density at radius 3 is 2.61 bits per heavy atom. The van der Waals surface area contributed by atoms with E-state index in [9.17, 15) is 14.7 Å². The number of carbonyl (C=O) groups excluding carboxylic acids is 1. The lowest BCUT2D eigenvalue weighted by atomic mass is 9.97. The third-order valence-electron chi connectivity index (χ3n) is 5.49. The predicted octanol–water partition coefficient (Wildman–Crippen LogP) is 2.35. The monoisotopic (exact) mass is 386 g/mol. The minimum Gasteiger partial charge on any atom is -0.479 e. The van der Waals surface area contributed by atoms with Crippen molar-refractivity contribution in [2.45, 2.75) is 64.0 Å². The summed E-state index contributed by atoms with van der Waals surface area (Å²) in [6.07, 6.45) is 2.35. The molecule has 1 saturated heterocycles. The molecule has 1 aliphatic carbocycles. The van der Waals surface area contributed by atoms with Crippen LogP contribution in [0.5, 0.6) is 0 Å². The van der Waals surface area contributed by atoms with Crippen LogP contribution >= 0.6 is 0 Å². The minimum absolute atomic E-state index is 0.0297. The van der Waals surface area contributed by atoms with E-state index in [2.05, 4.69) is 10.4 Å². The third kappa shape index (κ3) is 3.05. The molecule has 8 nitrogen and oxygen atoms in total. The Balaban J connectivity index is 1.85. The number of rotatable bonds is 4. The summed E-state index contributed by atoms with van der Waals surface area (Å²) in [5, 5.41) is 17.7. The van der Waals surface area contributed by atoms with Gasteiger partial charge in [-0.2, -0.15) is 5.10 Å². The number of nitrogens with zero attached hydrogens (tertiary/aromatic N) is 3. The highest BCUT2D eigenvalue weighted by molar-refractivity contribution is 6.08. The lowest BCUT2D eigenvalue weighted by molar-refractivity contribution is -0.144. The Kier molecular flexibility index (Phi) is 4.22. The maximum atomic E-state index is 13.2. The largest absolute Gasteiger partial charge is 0.479 e. The maximum Gasteiger partial charge on any atom is 0.331 e. The number of aromatic nitrogens is 3. The number of fused-ring (bicyclic) bond motifs is 1. The van der Waals surface area contributed by atoms with E-state index in [4.69, 9.17) is 9.72 Å². The first-order valence-corrected chi connectivity index (χ1v) is 9.67. The van der Waals surface area contributed by atoms with Gasteiger partial charge in [-0.05, 0) is 46.6 Å². The summed E-state index contributed by atoms with van der Waals surface area (Å²) in [5.41, 5.74) is 1.00. The second-order valence-electron chi connectivity index (χ2n) is 8.88. The molecule has 4 rings (SSSR count). The first-order valence-electron chi connectivity index (χ1n) is 9.67. The quantitative estimate of drug-likeness (QED) is 0.835. The normalized spacial score (nSPS) is 22.6. The van der Waals surface area contributed by atoms with Gasteiger partial charge in [-0.1, -0.05) is 0 Å². The van der Waals surface area contributed by atoms with E-state index >= 15 is 0 Å². The molecule has 2 aliphatic rings. The predicted molar refractivity (Wildman–Crippen MR) is 103 cm³/mol. The van der Waals surface area contributed by atoms with Crippen LogP contribution in [0.1, 0.15) is 67.7 Å². The molecule has 150 valence electrons. The van der Waals surface area contributed by atoms with Gasteiger partial charge in [0.25, 0.3) is 5.91 Å². The highest BCUT2D eigenvalue weighted by Gasteiger charge is 2.44. The van der Waals surface area contributed by atoms with E-state index in [0.717, 1.165) is 18.5 Å². The number of aliphatic carboxylic acids is 1. The van der Waals surface area contributed by atoms with E-state index in [-0.39, 0.29) is 18.6 Å². The van der Waals surface area contributed by atoms with E-state index in [1.807, 2.05) is 38.4 Å². The number of carbonyl (C=O) groups is 2. The van der Waals surface area contributed by atoms with Gasteiger partial charge >= 0.3 is 5.97 Å². The van der Waals surface area contributed by atoms with Gasteiger partial charge in [0.15, 0.2) is 11.2 Å². The number of carboxylic acids is 1. The van der Waals surface area contributed by atoms with Gasteiger partial charge in [0.2, 0.25) is 0 Å². The molecule has 0 spiro atoms. The lowest BCUT2D eigenvalue weighted by Crippen LogP contribution is -2.55. The molecule has 3 heterocycles. The van der Waals surface area contributed by atoms with Crippen molar-refractivity contribution in [2.75, 3.05) is 13.2 Å². The van der Waals surface area contributed by atoms with Gasteiger partial charge in [-0.15, -0.1) is 0 Å². The fraction of sp³-hybridized carbons (Fsp3) is 0.600. The number of amides is 1. The van der Waals surface area contributed by atoms with Crippen molar-refractivity contribution < 1.29 is 19.4 Å². The van der Waals surface area contributed by atoms with Crippen LogP contribution in [0.25, 0.3) is 11.0 Å². The molecule has 1 amide bonds. The van der Waals surface area contributed by atoms with Crippen molar-refractivity contribution in [1.82, 2.24) is 20.1 Å². The molecule has 2 aromatic rings. The van der Waals surface area contributed by atoms with E-state index in [1.54, 1.807) is 0 Å². The number of carboxylic acid groups (broad SMARTS) is 1. The minimum atomic E-state index is -1.39. The fourth-order valence-electron chi connectivity index (χ4n) is 3.71. The van der Waals surface area contributed by atoms with Gasteiger partial charge in [0.05, 0.1) is 28.8 Å². The van der Waals surface area contributed by atoms with Crippen LogP contribution in [0.4, 0.5) is 0 Å². The zero-order chi connectivity index (χ0) is 20.3. The maximum absolute atomic E-state index is 13.2. The summed E-state index contributed by atoms with van der Waals surface area (Å²) < 4.78 is 7.12. The molecule has 2 aromatic heterocycles. The summed E-state index contributed by atoms with van der Waals surface area (Å²) >= 11 is 0. The highest BCUT2D eigenvalue weighted by atomic mass is 16.5. The van der Waals surface area contributed by atoms with Gasteiger partial charge in [0, 0.05) is 24.6 Å². The van der Waals surface area contributed by atoms with Crippen LogP contribution in [0.3, 0.4) is 0 Å². The average molecular weight is 386 g/mol. The molecule has 0 radical (unpaired) electrons. The van der Waals surface area contributed by atoms with Crippen molar-refractivity contribution >= 4 is 22.9 Å². The Morgan fingerprint density at radius 2 is 2.07 bits per heavy atom. The zero-order valence-electron chi connectivity index (χ0n) is 16.7. The second kappa shape index (κ2) is 6.27. The van der Waals surface area contributed by atoms with Gasteiger partial charge < -0.3 is 15.2 Å². The summed E-state index contributed by atoms with van der Waals surface area (Å²) in [6.45, 7) is 8.26. The smallest absolute Gasteiger partial charge is 0.331 e. The van der Waals surface area contributed by atoms with Crippen LogP contribution in [0.15, 0.2) is 6.07 Å². The Bertz CT molecular complexity index is 963. The Labute approximate surface area is 163 Å². The average Bonchev–Trinajstić information content (AvgIpc) is 3.26. The van der Waals surface area contributed by atoms with Crippen LogP contribution in [-0.4, -0.2) is 50.5 Å². The Morgan fingerprint density at radius 1 is 1.36 bits per heavy atom. The lowest BCUT2D eigenvalue weighted by Gasteiger charge is -2.24. The number of nitrogens with one attached hydrogen (secondary N) is 1. The highest BCUT2D eigenvalue weighted by Crippen LogP contribution is 2.41. The van der Waals surface area contributed by atoms with Crippen molar-refractivity contribution in [3.05, 3.63) is 23.0 Å². The molecule has 8 heteroatoms. The molecular weight excluding hydrogens is 360 g/mol. The first-order chi connectivity index (χ1) is 13.1. The van der Waals surface area contributed by atoms with E-state index in [1.165, 1.54) is 0 Å². The van der Waals surface area contributed by atoms with E-state index in [0.29, 0.717) is 34.8 Å². The molecule has 1 saturated carbocycles. The summed E-state index contributed by atoms with van der Waals surface area (Å²) in [5.74, 6) is -1.14. The number of pyridine rings is 1. The summed E-state index contributed by atoms with van der Waals surface area (Å²) in [7, 11) is 0. The van der Waals surface area contributed by atoms with Crippen molar-refractivity contribution in [2.24, 2.45) is 0 Å². The van der Waals surface area contributed by atoms with Gasteiger partial charge in [-0.25, -0.2) is 14.5 Å². The molecule has 1 atom stereocenters. The molecule has 2 fully saturated rings. The van der Waals surface area contributed by atoms with Crippen LogP contribution in [0.2, 0.25) is 0 Å².